The van der Waals surface area contributed by atoms with Crippen molar-refractivity contribution in [1.29, 1.82) is 0 Å². The molecule has 0 aliphatic rings. The van der Waals surface area contributed by atoms with E-state index in [0.717, 1.165) is 6.07 Å². The average molecular weight is 333 g/mol. The minimum Gasteiger partial charge on any atom is -0.493 e. The first-order chi connectivity index (χ1) is 11.0. The summed E-state index contributed by atoms with van der Waals surface area (Å²) in [6.07, 6.45) is 0. The molecular weight excluding hydrogens is 323 g/mol. The molecule has 1 heterocycles. The predicted octanol–water partition coefficient (Wildman–Crippen LogP) is 4.98. The van der Waals surface area contributed by atoms with Crippen LogP contribution >= 0.6 is 11.6 Å². The number of halogens is 2. The summed E-state index contributed by atoms with van der Waals surface area (Å²) in [7, 11) is 0. The number of hydrogen-bond donors (Lipinski definition) is 3. The summed E-state index contributed by atoms with van der Waals surface area (Å²) < 4.78 is 13.0. The monoisotopic (exact) mass is 332 g/mol. The number of para-hydroxylation sites is 1. The average Bonchev–Trinajstić information content (AvgIpc) is 2.84. The van der Waals surface area contributed by atoms with Crippen LogP contribution in [0.1, 0.15) is 0 Å². The lowest BCUT2D eigenvalue weighted by Crippen LogP contribution is -2.05. The Morgan fingerprint density at radius 3 is 2.83 bits per heavy atom. The number of aromatic nitrogens is 1. The van der Waals surface area contributed by atoms with E-state index in [2.05, 4.69) is 20.5 Å². The van der Waals surface area contributed by atoms with Gasteiger partial charge in [-0.05, 0) is 24.3 Å². The molecule has 0 aliphatic carbocycles. The van der Waals surface area contributed by atoms with Crippen molar-refractivity contribution < 1.29 is 14.3 Å². The van der Waals surface area contributed by atoms with Crippen LogP contribution in [0.25, 0.3) is 10.9 Å². The summed E-state index contributed by atoms with van der Waals surface area (Å²) >= 11 is 5.62. The van der Waals surface area contributed by atoms with Gasteiger partial charge in [0, 0.05) is 11.1 Å². The van der Waals surface area contributed by atoms with Gasteiger partial charge in [-0.15, -0.1) is 5.11 Å². The molecule has 0 saturated carbocycles. The normalized spacial score (nSPS) is 11.2. The largest absolute Gasteiger partial charge is 0.493 e. The highest BCUT2D eigenvalue weighted by atomic mass is 35.5. The zero-order chi connectivity index (χ0) is 16.4. The van der Waals surface area contributed by atoms with Crippen LogP contribution in [-0.4, -0.2) is 16.1 Å². The summed E-state index contributed by atoms with van der Waals surface area (Å²) in [4.78, 5) is 14.5. The van der Waals surface area contributed by atoms with Crippen LogP contribution in [0.4, 0.5) is 20.6 Å². The molecular formula is C15H10ClFN4O2. The van der Waals surface area contributed by atoms with Crippen LogP contribution in [0, 0.1) is 5.82 Å². The van der Waals surface area contributed by atoms with E-state index in [-0.39, 0.29) is 22.3 Å². The number of azo groups is 1. The molecule has 0 unspecified atom stereocenters. The van der Waals surface area contributed by atoms with Gasteiger partial charge in [-0.2, -0.15) is 0 Å². The highest BCUT2D eigenvalue weighted by Crippen LogP contribution is 2.35. The molecule has 2 amide bonds. The Bertz CT molecular complexity index is 923. The van der Waals surface area contributed by atoms with Gasteiger partial charge in [0.25, 0.3) is 0 Å². The third kappa shape index (κ3) is 3.14. The SMILES string of the molecule is O=C(N=Nc1c(O)[nH]c2ccccc12)Nc1ccc(F)c(Cl)c1. The van der Waals surface area contributed by atoms with Gasteiger partial charge in [0.2, 0.25) is 5.88 Å². The molecule has 116 valence electrons. The van der Waals surface area contributed by atoms with E-state index in [1.807, 2.05) is 0 Å². The quantitative estimate of drug-likeness (QED) is 0.577. The van der Waals surface area contributed by atoms with Gasteiger partial charge in [-0.1, -0.05) is 34.9 Å². The zero-order valence-electron chi connectivity index (χ0n) is 11.5. The number of rotatable bonds is 2. The fraction of sp³-hybridized carbons (Fsp3) is 0. The van der Waals surface area contributed by atoms with Crippen LogP contribution in [0.2, 0.25) is 5.02 Å². The van der Waals surface area contributed by atoms with Gasteiger partial charge in [-0.3, -0.25) is 0 Å². The molecule has 1 aromatic heterocycles. The smallest absolute Gasteiger partial charge is 0.364 e. The number of aromatic hydroxyl groups is 1. The Morgan fingerprint density at radius 2 is 2.04 bits per heavy atom. The number of carbonyl (C=O) groups is 1. The number of fused-ring (bicyclic) bond motifs is 1. The molecule has 0 saturated heterocycles. The number of anilines is 1. The number of nitrogens with one attached hydrogen (secondary N) is 2. The molecule has 3 N–H and O–H groups in total. The maximum atomic E-state index is 13.0. The summed E-state index contributed by atoms with van der Waals surface area (Å²) in [6.45, 7) is 0. The molecule has 2 aromatic carbocycles. The van der Waals surface area contributed by atoms with Crippen molar-refractivity contribution >= 4 is 39.9 Å². The van der Waals surface area contributed by atoms with Crippen LogP contribution in [-0.2, 0) is 0 Å². The second kappa shape index (κ2) is 6.05. The van der Waals surface area contributed by atoms with Crippen molar-refractivity contribution in [2.75, 3.05) is 5.32 Å². The van der Waals surface area contributed by atoms with E-state index in [1.54, 1.807) is 24.3 Å². The maximum Gasteiger partial charge on any atom is 0.364 e. The Morgan fingerprint density at radius 1 is 1.26 bits per heavy atom. The second-order valence-electron chi connectivity index (χ2n) is 4.63. The Balaban J connectivity index is 1.80. The highest BCUT2D eigenvalue weighted by molar-refractivity contribution is 6.31. The first kappa shape index (κ1) is 15.0. The van der Waals surface area contributed by atoms with Gasteiger partial charge in [0.1, 0.15) is 5.82 Å². The lowest BCUT2D eigenvalue weighted by Gasteiger charge is -2.01. The van der Waals surface area contributed by atoms with Crippen LogP contribution in [0.15, 0.2) is 52.7 Å². The van der Waals surface area contributed by atoms with E-state index in [4.69, 9.17) is 11.6 Å². The third-order valence-corrected chi connectivity index (χ3v) is 3.36. The first-order valence-corrected chi connectivity index (χ1v) is 6.90. The van der Waals surface area contributed by atoms with Crippen molar-refractivity contribution in [2.45, 2.75) is 0 Å². The maximum absolute atomic E-state index is 13.0. The van der Waals surface area contributed by atoms with Crippen molar-refractivity contribution in [3.8, 4) is 5.88 Å². The Hall–Kier alpha value is -2.93. The molecule has 6 nitrogen and oxygen atoms in total. The summed E-state index contributed by atoms with van der Waals surface area (Å²) in [6, 6.07) is 10.0. The van der Waals surface area contributed by atoms with Gasteiger partial charge in [0.05, 0.1) is 10.5 Å². The van der Waals surface area contributed by atoms with Gasteiger partial charge < -0.3 is 15.4 Å². The zero-order valence-corrected chi connectivity index (χ0v) is 12.3. The number of nitrogens with zero attached hydrogens (tertiary/aromatic N) is 2. The number of urea groups is 1. The lowest BCUT2D eigenvalue weighted by atomic mass is 10.2. The van der Waals surface area contributed by atoms with E-state index >= 15 is 0 Å². The fourth-order valence-corrected chi connectivity index (χ4v) is 2.21. The van der Waals surface area contributed by atoms with E-state index < -0.39 is 11.8 Å². The summed E-state index contributed by atoms with van der Waals surface area (Å²) in [5.41, 5.74) is 1.11. The standard InChI is InChI=1S/C15H10ClFN4O2/c16-10-7-8(5-6-11(10)17)18-15(23)21-20-13-9-3-1-2-4-12(9)19-14(13)22/h1-7,19,22H,(H,18,23). The van der Waals surface area contributed by atoms with Gasteiger partial charge in [0.15, 0.2) is 5.69 Å². The number of hydrogen-bond acceptors (Lipinski definition) is 3. The molecule has 3 rings (SSSR count). The van der Waals surface area contributed by atoms with E-state index in [0.29, 0.717) is 10.9 Å². The van der Waals surface area contributed by atoms with Crippen molar-refractivity contribution in [1.82, 2.24) is 4.98 Å². The first-order valence-electron chi connectivity index (χ1n) is 6.52. The second-order valence-corrected chi connectivity index (χ2v) is 5.03. The van der Waals surface area contributed by atoms with Crippen LogP contribution in [0.5, 0.6) is 5.88 Å². The molecule has 0 aliphatic heterocycles. The Kier molecular flexibility index (Phi) is 3.94. The lowest BCUT2D eigenvalue weighted by molar-refractivity contribution is 0.258. The molecule has 8 heteroatoms. The van der Waals surface area contributed by atoms with Crippen molar-refractivity contribution in [2.24, 2.45) is 10.2 Å². The fourth-order valence-electron chi connectivity index (χ4n) is 2.03. The number of aromatic amines is 1. The summed E-state index contributed by atoms with van der Waals surface area (Å²) in [5, 5.41) is 20.0. The van der Waals surface area contributed by atoms with Crippen molar-refractivity contribution in [3.63, 3.8) is 0 Å². The minimum atomic E-state index is -0.780. The number of amides is 2. The molecule has 0 atom stereocenters. The van der Waals surface area contributed by atoms with Gasteiger partial charge >= 0.3 is 6.03 Å². The predicted molar refractivity (Wildman–Crippen MR) is 84.9 cm³/mol. The van der Waals surface area contributed by atoms with E-state index in [1.165, 1.54) is 12.1 Å². The Labute approximate surface area is 134 Å². The third-order valence-electron chi connectivity index (χ3n) is 3.07. The summed E-state index contributed by atoms with van der Waals surface area (Å²) in [5.74, 6) is -0.775. The number of H-pyrrole nitrogens is 1. The highest BCUT2D eigenvalue weighted by Gasteiger charge is 2.10. The molecule has 0 spiro atoms. The molecule has 23 heavy (non-hydrogen) atoms. The number of carbonyl (C=O) groups excluding carboxylic acids is 1. The van der Waals surface area contributed by atoms with Crippen molar-refractivity contribution in [3.05, 3.63) is 53.3 Å². The molecule has 3 aromatic rings. The van der Waals surface area contributed by atoms with Crippen LogP contribution < -0.4 is 5.32 Å². The topological polar surface area (TPSA) is 89.8 Å². The van der Waals surface area contributed by atoms with Crippen LogP contribution in [0.3, 0.4) is 0 Å². The van der Waals surface area contributed by atoms with Gasteiger partial charge in [-0.25, -0.2) is 9.18 Å². The van der Waals surface area contributed by atoms with E-state index in [9.17, 15) is 14.3 Å². The number of benzene rings is 2. The minimum absolute atomic E-state index is 0.117. The molecule has 0 fully saturated rings. The molecule has 0 radical (unpaired) electrons. The molecule has 0 bridgehead atoms.